The Bertz CT molecular complexity index is 1060. The number of hydrogen-bond acceptors (Lipinski definition) is 5. The van der Waals surface area contributed by atoms with E-state index in [1.54, 1.807) is 24.3 Å². The molecule has 0 heterocycles. The molecule has 0 radical (unpaired) electrons. The molecule has 0 aliphatic carbocycles. The Morgan fingerprint density at radius 2 is 1.81 bits per heavy atom. The molecule has 0 aromatic heterocycles. The maximum Gasteiger partial charge on any atom is 0.253 e. The van der Waals surface area contributed by atoms with Gasteiger partial charge < -0.3 is 15.4 Å². The van der Waals surface area contributed by atoms with Crippen molar-refractivity contribution in [3.8, 4) is 0 Å². The third kappa shape index (κ3) is 7.27. The third-order valence-electron chi connectivity index (χ3n) is 4.39. The maximum atomic E-state index is 13.5. The molecule has 0 fully saturated rings. The molecule has 0 saturated carbocycles. The van der Waals surface area contributed by atoms with Gasteiger partial charge >= 0.3 is 0 Å². The zero-order chi connectivity index (χ0) is 23.7. The molecule has 2 aromatic carbocycles. The standard InChI is InChI=1S/C21H25F2N3O5S/c1-31-13-11-24-21(28)16-6-3-4-7-19(16)25-20(27)8-5-12-26(32(2,29)30)15-9-10-17(22)18(23)14-15/h3-4,6-7,9-10,14H,5,8,11-13H2,1-2H3,(H,24,28)(H,25,27). The Morgan fingerprint density at radius 1 is 1.09 bits per heavy atom. The molecule has 32 heavy (non-hydrogen) atoms. The smallest absolute Gasteiger partial charge is 0.253 e. The van der Waals surface area contributed by atoms with E-state index in [-0.39, 0.29) is 36.5 Å². The van der Waals surface area contributed by atoms with Crippen LogP contribution in [0.15, 0.2) is 42.5 Å². The van der Waals surface area contributed by atoms with Gasteiger partial charge in [-0.2, -0.15) is 0 Å². The van der Waals surface area contributed by atoms with E-state index in [0.29, 0.717) is 18.8 Å². The van der Waals surface area contributed by atoms with Gasteiger partial charge in [-0.25, -0.2) is 17.2 Å². The van der Waals surface area contributed by atoms with Gasteiger partial charge in [0, 0.05) is 32.7 Å². The SMILES string of the molecule is COCCNC(=O)c1ccccc1NC(=O)CCCN(c1ccc(F)c(F)c1)S(C)(=O)=O. The predicted octanol–water partition coefficient (Wildman–Crippen LogP) is 2.53. The molecule has 8 nitrogen and oxygen atoms in total. The summed E-state index contributed by atoms with van der Waals surface area (Å²) in [5.74, 6) is -3.07. The maximum absolute atomic E-state index is 13.5. The van der Waals surface area contributed by atoms with Crippen LogP contribution in [0, 0.1) is 11.6 Å². The number of methoxy groups -OCH3 is 1. The van der Waals surface area contributed by atoms with Gasteiger partial charge in [0.25, 0.3) is 5.91 Å². The molecular formula is C21H25F2N3O5S. The zero-order valence-corrected chi connectivity index (χ0v) is 18.5. The Kier molecular flexibility index (Phi) is 9.09. The van der Waals surface area contributed by atoms with E-state index in [9.17, 15) is 26.8 Å². The topological polar surface area (TPSA) is 105 Å². The van der Waals surface area contributed by atoms with E-state index in [2.05, 4.69) is 10.6 Å². The van der Waals surface area contributed by atoms with E-state index >= 15 is 0 Å². The highest BCUT2D eigenvalue weighted by Gasteiger charge is 2.19. The van der Waals surface area contributed by atoms with Gasteiger partial charge in [0.2, 0.25) is 15.9 Å². The molecule has 0 saturated heterocycles. The van der Waals surface area contributed by atoms with Crippen molar-refractivity contribution in [2.24, 2.45) is 0 Å². The summed E-state index contributed by atoms with van der Waals surface area (Å²) < 4.78 is 56.6. The lowest BCUT2D eigenvalue weighted by molar-refractivity contribution is -0.116. The Hall–Kier alpha value is -3.05. The van der Waals surface area contributed by atoms with Gasteiger partial charge in [-0.1, -0.05) is 12.1 Å². The molecule has 2 rings (SSSR count). The molecule has 0 unspecified atom stereocenters. The van der Waals surface area contributed by atoms with Crippen LogP contribution in [-0.4, -0.2) is 53.3 Å². The van der Waals surface area contributed by atoms with Crippen molar-refractivity contribution in [1.82, 2.24) is 5.32 Å². The van der Waals surface area contributed by atoms with Crippen LogP contribution in [-0.2, 0) is 19.6 Å². The van der Waals surface area contributed by atoms with Crippen LogP contribution in [0.25, 0.3) is 0 Å². The van der Waals surface area contributed by atoms with E-state index in [1.807, 2.05) is 0 Å². The molecule has 0 bridgehead atoms. The first-order chi connectivity index (χ1) is 15.1. The van der Waals surface area contributed by atoms with Gasteiger partial charge in [-0.15, -0.1) is 0 Å². The quantitative estimate of drug-likeness (QED) is 0.492. The van der Waals surface area contributed by atoms with E-state index < -0.39 is 27.6 Å². The molecule has 0 spiro atoms. The van der Waals surface area contributed by atoms with Crippen molar-refractivity contribution in [2.75, 3.05) is 42.7 Å². The number of nitrogens with one attached hydrogen (secondary N) is 2. The number of carbonyl (C=O) groups is 2. The number of amides is 2. The number of ether oxygens (including phenoxy) is 1. The van der Waals surface area contributed by atoms with Crippen LogP contribution < -0.4 is 14.9 Å². The van der Waals surface area contributed by atoms with Gasteiger partial charge in [0.1, 0.15) is 0 Å². The Labute approximate surface area is 185 Å². The first-order valence-electron chi connectivity index (χ1n) is 9.72. The van der Waals surface area contributed by atoms with Gasteiger partial charge in [-0.3, -0.25) is 13.9 Å². The van der Waals surface area contributed by atoms with Gasteiger partial charge in [-0.05, 0) is 30.7 Å². The van der Waals surface area contributed by atoms with Crippen LogP contribution in [0.5, 0.6) is 0 Å². The number of rotatable bonds is 11. The number of sulfonamides is 1. The van der Waals surface area contributed by atoms with Crippen LogP contribution in [0.3, 0.4) is 0 Å². The summed E-state index contributed by atoms with van der Waals surface area (Å²) in [6.07, 6.45) is 0.988. The molecule has 0 aliphatic heterocycles. The minimum Gasteiger partial charge on any atom is -0.383 e. The highest BCUT2D eigenvalue weighted by Crippen LogP contribution is 2.21. The minimum absolute atomic E-state index is 0.0371. The van der Waals surface area contributed by atoms with Crippen molar-refractivity contribution >= 4 is 33.2 Å². The fraction of sp³-hybridized carbons (Fsp3) is 0.333. The monoisotopic (exact) mass is 469 g/mol. The lowest BCUT2D eigenvalue weighted by Gasteiger charge is -2.22. The summed E-state index contributed by atoms with van der Waals surface area (Å²) in [4.78, 5) is 24.7. The first kappa shape index (κ1) is 25.2. The summed E-state index contributed by atoms with van der Waals surface area (Å²) in [5, 5.41) is 5.31. The highest BCUT2D eigenvalue weighted by molar-refractivity contribution is 7.92. The molecule has 174 valence electrons. The van der Waals surface area contributed by atoms with Crippen molar-refractivity contribution in [3.63, 3.8) is 0 Å². The first-order valence-corrected chi connectivity index (χ1v) is 11.6. The number of hydrogen-bond donors (Lipinski definition) is 2. The summed E-state index contributed by atoms with van der Waals surface area (Å²) in [5.41, 5.74) is 0.550. The number of anilines is 2. The summed E-state index contributed by atoms with van der Waals surface area (Å²) >= 11 is 0. The van der Waals surface area contributed by atoms with Crippen LogP contribution in [0.2, 0.25) is 0 Å². The molecule has 2 amide bonds. The molecular weight excluding hydrogens is 444 g/mol. The molecule has 11 heteroatoms. The normalized spacial score (nSPS) is 11.1. The predicted molar refractivity (Wildman–Crippen MR) is 117 cm³/mol. The average Bonchev–Trinajstić information content (AvgIpc) is 2.73. The number of nitrogens with zero attached hydrogens (tertiary/aromatic N) is 1. The van der Waals surface area contributed by atoms with Gasteiger partial charge in [0.15, 0.2) is 11.6 Å². The van der Waals surface area contributed by atoms with Crippen LogP contribution in [0.1, 0.15) is 23.2 Å². The van der Waals surface area contributed by atoms with E-state index in [4.69, 9.17) is 4.74 Å². The second kappa shape index (κ2) is 11.5. The van der Waals surface area contributed by atoms with E-state index in [0.717, 1.165) is 28.8 Å². The fourth-order valence-electron chi connectivity index (χ4n) is 2.87. The second-order valence-electron chi connectivity index (χ2n) is 6.88. The summed E-state index contributed by atoms with van der Waals surface area (Å²) in [6, 6.07) is 9.24. The highest BCUT2D eigenvalue weighted by atomic mass is 32.2. The van der Waals surface area contributed by atoms with Crippen molar-refractivity contribution < 1.29 is 31.5 Å². The average molecular weight is 470 g/mol. The molecule has 0 aliphatic rings. The lowest BCUT2D eigenvalue weighted by Crippen LogP contribution is -2.31. The molecule has 0 atom stereocenters. The minimum atomic E-state index is -3.78. The Morgan fingerprint density at radius 3 is 2.47 bits per heavy atom. The van der Waals surface area contributed by atoms with Gasteiger partial charge in [0.05, 0.1) is 29.8 Å². The molecule has 2 aromatic rings. The van der Waals surface area contributed by atoms with Crippen molar-refractivity contribution in [3.05, 3.63) is 59.7 Å². The van der Waals surface area contributed by atoms with E-state index in [1.165, 1.54) is 7.11 Å². The number of carbonyl (C=O) groups excluding carboxylic acids is 2. The Balaban J connectivity index is 2.00. The molecule has 2 N–H and O–H groups in total. The van der Waals surface area contributed by atoms with Crippen molar-refractivity contribution in [1.29, 1.82) is 0 Å². The fourth-order valence-corrected chi connectivity index (χ4v) is 3.83. The summed E-state index contributed by atoms with van der Waals surface area (Å²) in [6.45, 7) is 0.536. The van der Waals surface area contributed by atoms with Crippen molar-refractivity contribution in [2.45, 2.75) is 12.8 Å². The number of para-hydroxylation sites is 1. The zero-order valence-electron chi connectivity index (χ0n) is 17.7. The number of benzene rings is 2. The lowest BCUT2D eigenvalue weighted by atomic mass is 10.1. The third-order valence-corrected chi connectivity index (χ3v) is 5.59. The number of halogens is 2. The summed E-state index contributed by atoms with van der Waals surface area (Å²) in [7, 11) is -2.27. The van der Waals surface area contributed by atoms with Crippen LogP contribution >= 0.6 is 0 Å². The second-order valence-corrected chi connectivity index (χ2v) is 8.79. The van der Waals surface area contributed by atoms with Crippen LogP contribution in [0.4, 0.5) is 20.2 Å². The largest absolute Gasteiger partial charge is 0.383 e.